The normalized spacial score (nSPS) is 24.2. The molecule has 0 aromatic rings. The Morgan fingerprint density at radius 1 is 1.47 bits per heavy atom. The van der Waals surface area contributed by atoms with Crippen LogP contribution in [0, 0.1) is 0 Å². The minimum atomic E-state index is 0.669. The number of hydrogen-bond acceptors (Lipinski definition) is 3. The number of piperidine rings is 1. The van der Waals surface area contributed by atoms with Gasteiger partial charge in [0.15, 0.2) is 0 Å². The van der Waals surface area contributed by atoms with Crippen molar-refractivity contribution < 1.29 is 0 Å². The Kier molecular flexibility index (Phi) is 7.09. The van der Waals surface area contributed by atoms with E-state index in [2.05, 4.69) is 43.1 Å². The van der Waals surface area contributed by atoms with Crippen molar-refractivity contribution in [2.24, 2.45) is 0 Å². The average molecular weight is 241 g/mol. The van der Waals surface area contributed by atoms with Crippen LogP contribution in [0.1, 0.15) is 39.5 Å². The Balaban J connectivity index is 2.13. The van der Waals surface area contributed by atoms with Crippen molar-refractivity contribution in [2.45, 2.75) is 51.6 Å². The first-order valence-corrected chi connectivity index (χ1v) is 7.25. The maximum absolute atomic E-state index is 3.48. The lowest BCUT2D eigenvalue weighted by molar-refractivity contribution is 0.132. The van der Waals surface area contributed by atoms with E-state index in [9.17, 15) is 0 Å². The smallest absolute Gasteiger partial charge is 0.0220 e. The summed E-state index contributed by atoms with van der Waals surface area (Å²) in [6, 6.07) is 1.45. The second kappa shape index (κ2) is 8.06. The molecule has 0 bridgehead atoms. The highest BCUT2D eigenvalue weighted by atomic mass is 15.2. The molecule has 0 amide bonds. The van der Waals surface area contributed by atoms with Gasteiger partial charge in [0.1, 0.15) is 0 Å². The van der Waals surface area contributed by atoms with Gasteiger partial charge in [-0.1, -0.05) is 6.92 Å². The predicted octanol–water partition coefficient (Wildman–Crippen LogP) is 1.79. The van der Waals surface area contributed by atoms with Crippen LogP contribution in [0.4, 0.5) is 0 Å². The predicted molar refractivity (Wildman–Crippen MR) is 75.5 cm³/mol. The lowest BCUT2D eigenvalue weighted by Crippen LogP contribution is -2.45. The van der Waals surface area contributed by atoms with E-state index >= 15 is 0 Å². The molecule has 1 N–H and O–H groups in total. The van der Waals surface area contributed by atoms with Crippen LogP contribution in [0.15, 0.2) is 0 Å². The molecular weight excluding hydrogens is 210 g/mol. The molecule has 0 aromatic heterocycles. The van der Waals surface area contributed by atoms with Gasteiger partial charge in [-0.3, -0.25) is 0 Å². The van der Waals surface area contributed by atoms with E-state index in [-0.39, 0.29) is 0 Å². The maximum Gasteiger partial charge on any atom is 0.0220 e. The third-order valence-corrected chi connectivity index (χ3v) is 3.92. The first-order valence-electron chi connectivity index (χ1n) is 7.25. The van der Waals surface area contributed by atoms with Gasteiger partial charge in [-0.2, -0.15) is 0 Å². The molecule has 102 valence electrons. The van der Waals surface area contributed by atoms with Gasteiger partial charge in [0, 0.05) is 18.6 Å². The molecular formula is C14H31N3. The van der Waals surface area contributed by atoms with Crippen LogP contribution < -0.4 is 5.32 Å². The molecule has 0 aromatic carbocycles. The summed E-state index contributed by atoms with van der Waals surface area (Å²) in [5.41, 5.74) is 0. The Morgan fingerprint density at radius 2 is 2.24 bits per heavy atom. The molecule has 0 saturated carbocycles. The van der Waals surface area contributed by atoms with Crippen molar-refractivity contribution in [1.29, 1.82) is 0 Å². The minimum Gasteiger partial charge on any atom is -0.315 e. The molecule has 1 aliphatic heterocycles. The quantitative estimate of drug-likeness (QED) is 0.733. The van der Waals surface area contributed by atoms with Crippen LogP contribution in [0.2, 0.25) is 0 Å². The highest BCUT2D eigenvalue weighted by Gasteiger charge is 2.20. The first-order chi connectivity index (χ1) is 8.13. The molecule has 1 aliphatic rings. The molecule has 2 atom stereocenters. The number of rotatable bonds is 7. The van der Waals surface area contributed by atoms with Crippen LogP contribution in [0.25, 0.3) is 0 Å². The zero-order valence-corrected chi connectivity index (χ0v) is 12.2. The number of nitrogens with one attached hydrogen (secondary N) is 1. The van der Waals surface area contributed by atoms with Crippen molar-refractivity contribution in [3.05, 3.63) is 0 Å². The molecule has 1 fully saturated rings. The van der Waals surface area contributed by atoms with Crippen molar-refractivity contribution in [1.82, 2.24) is 15.1 Å². The molecule has 1 rings (SSSR count). The third kappa shape index (κ3) is 5.84. The van der Waals surface area contributed by atoms with Crippen LogP contribution in [-0.2, 0) is 0 Å². The number of nitrogens with zero attached hydrogens (tertiary/aromatic N) is 2. The highest BCUT2D eigenvalue weighted by molar-refractivity contribution is 4.77. The van der Waals surface area contributed by atoms with Crippen LogP contribution >= 0.6 is 0 Å². The number of likely N-dealkylation sites (tertiary alicyclic amines) is 1. The molecule has 1 saturated heterocycles. The van der Waals surface area contributed by atoms with Crippen LogP contribution in [0.3, 0.4) is 0 Å². The summed E-state index contributed by atoms with van der Waals surface area (Å²) in [4.78, 5) is 5.03. The Labute approximate surface area is 108 Å². The summed E-state index contributed by atoms with van der Waals surface area (Å²) in [6.07, 6.45) is 5.34. The number of likely N-dealkylation sites (N-methyl/N-ethyl adjacent to an activating group) is 2. The summed E-state index contributed by atoms with van der Waals surface area (Å²) >= 11 is 0. The molecule has 3 heteroatoms. The third-order valence-electron chi connectivity index (χ3n) is 3.92. The summed E-state index contributed by atoms with van der Waals surface area (Å²) in [5, 5.41) is 3.48. The van der Waals surface area contributed by atoms with Crippen molar-refractivity contribution in [2.75, 3.05) is 40.3 Å². The SMILES string of the molecule is CCNC(C)CCCN(C)C1CCCN(C)C1. The average Bonchev–Trinajstić information content (AvgIpc) is 2.29. The zero-order valence-electron chi connectivity index (χ0n) is 12.2. The molecule has 0 aliphatic carbocycles. The standard InChI is InChI=1S/C14H31N3/c1-5-15-13(2)8-6-11-17(4)14-9-7-10-16(3)12-14/h13-15H,5-12H2,1-4H3. The molecule has 3 nitrogen and oxygen atoms in total. The summed E-state index contributed by atoms with van der Waals surface area (Å²) in [7, 11) is 4.54. The number of hydrogen-bond donors (Lipinski definition) is 1. The second-order valence-corrected chi connectivity index (χ2v) is 5.64. The van der Waals surface area contributed by atoms with E-state index in [0.717, 1.165) is 12.6 Å². The van der Waals surface area contributed by atoms with E-state index in [1.54, 1.807) is 0 Å². The van der Waals surface area contributed by atoms with Crippen LogP contribution in [0.5, 0.6) is 0 Å². The zero-order chi connectivity index (χ0) is 12.7. The highest BCUT2D eigenvalue weighted by Crippen LogP contribution is 2.14. The van der Waals surface area contributed by atoms with Gasteiger partial charge in [0.25, 0.3) is 0 Å². The summed E-state index contributed by atoms with van der Waals surface area (Å²) < 4.78 is 0. The maximum atomic E-state index is 3.48. The first kappa shape index (κ1) is 14.9. The fourth-order valence-corrected chi connectivity index (χ4v) is 2.78. The van der Waals surface area contributed by atoms with E-state index in [0.29, 0.717) is 6.04 Å². The molecule has 17 heavy (non-hydrogen) atoms. The Bertz CT molecular complexity index is 196. The Morgan fingerprint density at radius 3 is 2.88 bits per heavy atom. The van der Waals surface area contributed by atoms with Gasteiger partial charge < -0.3 is 15.1 Å². The Hall–Kier alpha value is -0.120. The summed E-state index contributed by atoms with van der Waals surface area (Å²) in [5.74, 6) is 0. The topological polar surface area (TPSA) is 18.5 Å². The van der Waals surface area contributed by atoms with Gasteiger partial charge in [0.2, 0.25) is 0 Å². The molecule has 1 heterocycles. The lowest BCUT2D eigenvalue weighted by Gasteiger charge is -2.36. The van der Waals surface area contributed by atoms with E-state index < -0.39 is 0 Å². The van der Waals surface area contributed by atoms with Gasteiger partial charge in [-0.15, -0.1) is 0 Å². The minimum absolute atomic E-state index is 0.669. The second-order valence-electron chi connectivity index (χ2n) is 5.64. The van der Waals surface area contributed by atoms with Gasteiger partial charge in [0.05, 0.1) is 0 Å². The van der Waals surface area contributed by atoms with E-state index in [4.69, 9.17) is 0 Å². The van der Waals surface area contributed by atoms with Crippen molar-refractivity contribution >= 4 is 0 Å². The van der Waals surface area contributed by atoms with Gasteiger partial charge >= 0.3 is 0 Å². The van der Waals surface area contributed by atoms with Crippen LogP contribution in [-0.4, -0.2) is 62.2 Å². The van der Waals surface area contributed by atoms with Gasteiger partial charge in [-0.05, 0) is 66.3 Å². The van der Waals surface area contributed by atoms with E-state index in [1.807, 2.05) is 0 Å². The fourth-order valence-electron chi connectivity index (χ4n) is 2.78. The van der Waals surface area contributed by atoms with E-state index in [1.165, 1.54) is 45.3 Å². The summed E-state index contributed by atoms with van der Waals surface area (Å²) in [6.45, 7) is 9.33. The molecule has 0 radical (unpaired) electrons. The fraction of sp³-hybridized carbons (Fsp3) is 1.00. The lowest BCUT2D eigenvalue weighted by atomic mass is 10.0. The largest absolute Gasteiger partial charge is 0.315 e. The monoisotopic (exact) mass is 241 g/mol. The molecule has 0 spiro atoms. The van der Waals surface area contributed by atoms with Gasteiger partial charge in [-0.25, -0.2) is 0 Å². The van der Waals surface area contributed by atoms with Crippen molar-refractivity contribution in [3.63, 3.8) is 0 Å². The molecule has 2 unspecified atom stereocenters. The van der Waals surface area contributed by atoms with Crippen molar-refractivity contribution in [3.8, 4) is 0 Å².